The van der Waals surface area contributed by atoms with Crippen molar-refractivity contribution in [1.29, 1.82) is 0 Å². The van der Waals surface area contributed by atoms with Gasteiger partial charge in [0.15, 0.2) is 0 Å². The minimum Gasteiger partial charge on any atom is -0.463 e. The number of ether oxygens (including phenoxy) is 2. The number of rotatable bonds is 5. The van der Waals surface area contributed by atoms with E-state index >= 15 is 0 Å². The van der Waals surface area contributed by atoms with E-state index in [4.69, 9.17) is 9.47 Å². The third kappa shape index (κ3) is 4.47. The van der Waals surface area contributed by atoms with E-state index in [-0.39, 0.29) is 30.4 Å². The normalized spacial score (nSPS) is 25.4. The van der Waals surface area contributed by atoms with E-state index in [1.54, 1.807) is 0 Å². The SMILES string of the molecule is C[C@@H](CC(=O)OC[C@H]1CCCCO1)N1CCCCC1=O. The van der Waals surface area contributed by atoms with Crippen molar-refractivity contribution in [1.82, 2.24) is 4.90 Å². The minimum atomic E-state index is -0.231. The third-order valence-corrected chi connectivity index (χ3v) is 4.06. The molecule has 114 valence electrons. The number of piperidine rings is 1. The molecule has 0 aliphatic carbocycles. The summed E-state index contributed by atoms with van der Waals surface area (Å²) in [4.78, 5) is 25.4. The van der Waals surface area contributed by atoms with Crippen LogP contribution in [-0.2, 0) is 19.1 Å². The molecule has 2 heterocycles. The summed E-state index contributed by atoms with van der Waals surface area (Å²) in [5.74, 6) is -0.0720. The molecule has 0 bridgehead atoms. The predicted octanol–water partition coefficient (Wildman–Crippen LogP) is 1.89. The molecule has 0 radical (unpaired) electrons. The first-order chi connectivity index (χ1) is 9.66. The van der Waals surface area contributed by atoms with Crippen LogP contribution in [0.5, 0.6) is 0 Å². The Labute approximate surface area is 120 Å². The van der Waals surface area contributed by atoms with Gasteiger partial charge >= 0.3 is 5.97 Å². The van der Waals surface area contributed by atoms with Crippen LogP contribution in [-0.4, -0.2) is 48.7 Å². The maximum Gasteiger partial charge on any atom is 0.307 e. The van der Waals surface area contributed by atoms with E-state index in [9.17, 15) is 9.59 Å². The molecule has 0 aromatic heterocycles. The molecule has 0 saturated carbocycles. The van der Waals surface area contributed by atoms with Crippen LogP contribution < -0.4 is 0 Å². The third-order valence-electron chi connectivity index (χ3n) is 4.06. The lowest BCUT2D eigenvalue weighted by atomic mass is 10.1. The summed E-state index contributed by atoms with van der Waals surface area (Å²) in [6.45, 7) is 3.79. The van der Waals surface area contributed by atoms with E-state index < -0.39 is 0 Å². The number of hydrogen-bond donors (Lipinski definition) is 0. The van der Waals surface area contributed by atoms with E-state index in [2.05, 4.69) is 0 Å². The van der Waals surface area contributed by atoms with Crippen molar-refractivity contribution in [3.8, 4) is 0 Å². The highest BCUT2D eigenvalue weighted by Crippen LogP contribution is 2.17. The molecule has 0 spiro atoms. The molecular formula is C15H25NO4. The zero-order chi connectivity index (χ0) is 14.4. The minimum absolute atomic E-state index is 0.0552. The van der Waals surface area contributed by atoms with Gasteiger partial charge in [0.2, 0.25) is 5.91 Å². The van der Waals surface area contributed by atoms with Gasteiger partial charge in [0.05, 0.1) is 12.5 Å². The molecule has 0 unspecified atom stereocenters. The van der Waals surface area contributed by atoms with Gasteiger partial charge in [0, 0.05) is 25.6 Å². The van der Waals surface area contributed by atoms with Crippen molar-refractivity contribution in [3.05, 3.63) is 0 Å². The Kier molecular flexibility index (Phi) is 5.83. The molecule has 2 fully saturated rings. The van der Waals surface area contributed by atoms with Gasteiger partial charge in [-0.15, -0.1) is 0 Å². The molecule has 5 heteroatoms. The summed E-state index contributed by atoms with van der Waals surface area (Å²) >= 11 is 0. The van der Waals surface area contributed by atoms with Crippen molar-refractivity contribution in [2.75, 3.05) is 19.8 Å². The van der Waals surface area contributed by atoms with E-state index in [0.717, 1.165) is 45.3 Å². The first-order valence-corrected chi connectivity index (χ1v) is 7.73. The van der Waals surface area contributed by atoms with Crippen molar-refractivity contribution >= 4 is 11.9 Å². The molecule has 5 nitrogen and oxygen atoms in total. The van der Waals surface area contributed by atoms with Gasteiger partial charge in [0.25, 0.3) is 0 Å². The molecule has 2 aliphatic heterocycles. The Morgan fingerprint density at radius 3 is 2.95 bits per heavy atom. The summed E-state index contributed by atoms with van der Waals surface area (Å²) in [6.07, 6.45) is 6.13. The van der Waals surface area contributed by atoms with Gasteiger partial charge in [-0.2, -0.15) is 0 Å². The van der Waals surface area contributed by atoms with Gasteiger partial charge in [-0.3, -0.25) is 9.59 Å². The average molecular weight is 283 g/mol. The monoisotopic (exact) mass is 283 g/mol. The van der Waals surface area contributed by atoms with Gasteiger partial charge < -0.3 is 14.4 Å². The van der Waals surface area contributed by atoms with Crippen LogP contribution in [0.25, 0.3) is 0 Å². The number of amides is 1. The second kappa shape index (κ2) is 7.62. The second-order valence-electron chi connectivity index (χ2n) is 5.77. The molecule has 0 aromatic rings. The number of carbonyl (C=O) groups is 2. The fourth-order valence-electron chi connectivity index (χ4n) is 2.83. The number of carbonyl (C=O) groups excluding carboxylic acids is 2. The largest absolute Gasteiger partial charge is 0.463 e. The topological polar surface area (TPSA) is 55.8 Å². The molecule has 0 N–H and O–H groups in total. The van der Waals surface area contributed by atoms with E-state index in [0.29, 0.717) is 13.0 Å². The Morgan fingerprint density at radius 2 is 2.25 bits per heavy atom. The van der Waals surface area contributed by atoms with Gasteiger partial charge in [-0.05, 0) is 39.0 Å². The van der Waals surface area contributed by atoms with Gasteiger partial charge in [-0.1, -0.05) is 0 Å². The summed E-state index contributed by atoms with van der Waals surface area (Å²) in [5, 5.41) is 0. The maximum absolute atomic E-state index is 11.8. The van der Waals surface area contributed by atoms with Gasteiger partial charge in [-0.25, -0.2) is 0 Å². The average Bonchev–Trinajstić information content (AvgIpc) is 2.46. The lowest BCUT2D eigenvalue weighted by Crippen LogP contribution is -2.43. The summed E-state index contributed by atoms with van der Waals surface area (Å²) in [5.41, 5.74) is 0. The molecule has 2 atom stereocenters. The highest BCUT2D eigenvalue weighted by molar-refractivity contribution is 5.78. The number of nitrogens with zero attached hydrogens (tertiary/aromatic N) is 1. The van der Waals surface area contributed by atoms with Crippen LogP contribution in [0, 0.1) is 0 Å². The molecule has 0 aromatic carbocycles. The first-order valence-electron chi connectivity index (χ1n) is 7.73. The van der Waals surface area contributed by atoms with Crippen LogP contribution in [0.15, 0.2) is 0 Å². The maximum atomic E-state index is 11.8. The highest BCUT2D eigenvalue weighted by Gasteiger charge is 2.25. The van der Waals surface area contributed by atoms with Crippen LogP contribution >= 0.6 is 0 Å². The van der Waals surface area contributed by atoms with E-state index in [1.165, 1.54) is 0 Å². The number of likely N-dealkylation sites (tertiary alicyclic amines) is 1. The lowest BCUT2D eigenvalue weighted by Gasteiger charge is -2.32. The highest BCUT2D eigenvalue weighted by atomic mass is 16.6. The smallest absolute Gasteiger partial charge is 0.307 e. The molecule has 2 rings (SSSR count). The van der Waals surface area contributed by atoms with Crippen LogP contribution in [0.4, 0.5) is 0 Å². The lowest BCUT2D eigenvalue weighted by molar-refractivity contribution is -0.151. The Morgan fingerprint density at radius 1 is 1.40 bits per heavy atom. The fraction of sp³-hybridized carbons (Fsp3) is 0.867. The Balaban J connectivity index is 1.68. The first kappa shape index (κ1) is 15.3. The van der Waals surface area contributed by atoms with E-state index in [1.807, 2.05) is 11.8 Å². The molecule has 2 saturated heterocycles. The van der Waals surface area contributed by atoms with Gasteiger partial charge in [0.1, 0.15) is 6.61 Å². The van der Waals surface area contributed by atoms with Crippen LogP contribution in [0.3, 0.4) is 0 Å². The zero-order valence-corrected chi connectivity index (χ0v) is 12.3. The Bertz CT molecular complexity index is 339. The number of hydrogen-bond acceptors (Lipinski definition) is 4. The predicted molar refractivity (Wildman–Crippen MR) is 74.2 cm³/mol. The molecular weight excluding hydrogens is 258 g/mol. The summed E-state index contributed by atoms with van der Waals surface area (Å²) in [6, 6.07) is -0.0671. The number of esters is 1. The van der Waals surface area contributed by atoms with Crippen molar-refractivity contribution in [3.63, 3.8) is 0 Å². The standard InChI is InChI=1S/C15H25NO4/c1-12(16-8-4-2-7-14(16)17)10-15(18)20-11-13-6-3-5-9-19-13/h12-13H,2-11H2,1H3/t12-,13+/m0/s1. The van der Waals surface area contributed by atoms with Crippen molar-refractivity contribution < 1.29 is 19.1 Å². The van der Waals surface area contributed by atoms with Crippen LogP contribution in [0.1, 0.15) is 51.9 Å². The summed E-state index contributed by atoms with van der Waals surface area (Å²) < 4.78 is 10.8. The fourth-order valence-corrected chi connectivity index (χ4v) is 2.83. The summed E-state index contributed by atoms with van der Waals surface area (Å²) in [7, 11) is 0. The molecule has 20 heavy (non-hydrogen) atoms. The van der Waals surface area contributed by atoms with Crippen molar-refractivity contribution in [2.45, 2.75) is 64.0 Å². The second-order valence-corrected chi connectivity index (χ2v) is 5.77. The van der Waals surface area contributed by atoms with Crippen molar-refractivity contribution in [2.24, 2.45) is 0 Å². The van der Waals surface area contributed by atoms with Crippen LogP contribution in [0.2, 0.25) is 0 Å². The Hall–Kier alpha value is -1.10. The molecule has 1 amide bonds. The quantitative estimate of drug-likeness (QED) is 0.723. The molecule has 2 aliphatic rings. The zero-order valence-electron chi connectivity index (χ0n) is 12.3.